The Hall–Kier alpha value is -4.78. The molecule has 0 aliphatic rings. The molecule has 0 fully saturated rings. The maximum absolute atomic E-state index is 13.9. The Kier molecular flexibility index (Phi) is 7.23. The summed E-state index contributed by atoms with van der Waals surface area (Å²) in [6.07, 6.45) is 12.0. The highest BCUT2D eigenvalue weighted by Gasteiger charge is 2.15. The SMILES string of the molecule is C=C/C(=C\C(=C/C)c1cc2c(-c3cc4c(-c5cccc(F)c5)cncc4[nH]3)n[nH]c2cn1)NC(=C)CC(C)C. The minimum Gasteiger partial charge on any atom is -0.359 e. The number of aromatic nitrogens is 5. The minimum atomic E-state index is -0.286. The first-order valence-electron chi connectivity index (χ1n) is 12.9. The molecule has 0 spiro atoms. The fourth-order valence-electron chi connectivity index (χ4n) is 4.71. The fraction of sp³-hybridized carbons (Fsp3) is 0.156. The normalized spacial score (nSPS) is 12.4. The van der Waals surface area contributed by atoms with Crippen molar-refractivity contribution in [3.63, 3.8) is 0 Å². The first kappa shape index (κ1) is 25.9. The molecule has 4 aromatic heterocycles. The highest BCUT2D eigenvalue weighted by Crippen LogP contribution is 2.34. The van der Waals surface area contributed by atoms with Gasteiger partial charge in [0.15, 0.2) is 0 Å². The third-order valence-electron chi connectivity index (χ3n) is 6.50. The Bertz CT molecular complexity index is 1750. The van der Waals surface area contributed by atoms with E-state index in [1.807, 2.05) is 37.3 Å². The average molecular weight is 519 g/mol. The van der Waals surface area contributed by atoms with E-state index in [2.05, 4.69) is 57.5 Å². The van der Waals surface area contributed by atoms with E-state index in [1.165, 1.54) is 12.1 Å². The van der Waals surface area contributed by atoms with Crippen LogP contribution in [0.2, 0.25) is 0 Å². The molecule has 6 nitrogen and oxygen atoms in total. The lowest BCUT2D eigenvalue weighted by Crippen LogP contribution is -2.12. The molecule has 196 valence electrons. The summed E-state index contributed by atoms with van der Waals surface area (Å²) in [5.41, 5.74) is 8.43. The van der Waals surface area contributed by atoms with Crippen molar-refractivity contribution in [1.29, 1.82) is 0 Å². The quantitative estimate of drug-likeness (QED) is 0.173. The van der Waals surface area contributed by atoms with E-state index in [9.17, 15) is 4.39 Å². The van der Waals surface area contributed by atoms with Gasteiger partial charge in [-0.1, -0.05) is 45.2 Å². The van der Waals surface area contributed by atoms with Gasteiger partial charge in [0, 0.05) is 33.9 Å². The lowest BCUT2D eigenvalue weighted by atomic mass is 10.0. The maximum atomic E-state index is 13.9. The number of nitrogens with one attached hydrogen (secondary N) is 3. The first-order valence-corrected chi connectivity index (χ1v) is 12.9. The molecule has 39 heavy (non-hydrogen) atoms. The second-order valence-corrected chi connectivity index (χ2v) is 9.90. The van der Waals surface area contributed by atoms with Gasteiger partial charge < -0.3 is 10.3 Å². The zero-order chi connectivity index (χ0) is 27.5. The number of hydrogen-bond donors (Lipinski definition) is 3. The number of halogens is 1. The molecule has 5 rings (SSSR count). The number of rotatable bonds is 9. The molecule has 1 aromatic carbocycles. The van der Waals surface area contributed by atoms with Gasteiger partial charge in [-0.2, -0.15) is 5.10 Å². The predicted octanol–water partition coefficient (Wildman–Crippen LogP) is 7.93. The smallest absolute Gasteiger partial charge is 0.123 e. The van der Waals surface area contributed by atoms with Crippen LogP contribution < -0.4 is 5.32 Å². The van der Waals surface area contributed by atoms with E-state index in [0.717, 1.165) is 73.4 Å². The van der Waals surface area contributed by atoms with Crippen molar-refractivity contribution in [2.45, 2.75) is 27.2 Å². The van der Waals surface area contributed by atoms with Crippen molar-refractivity contribution in [2.75, 3.05) is 0 Å². The number of fused-ring (bicyclic) bond motifs is 2. The van der Waals surface area contributed by atoms with E-state index >= 15 is 0 Å². The van der Waals surface area contributed by atoms with Crippen LogP contribution in [-0.4, -0.2) is 25.1 Å². The topological polar surface area (TPSA) is 82.3 Å². The molecule has 0 saturated carbocycles. The summed E-state index contributed by atoms with van der Waals surface area (Å²) < 4.78 is 13.9. The summed E-state index contributed by atoms with van der Waals surface area (Å²) in [5, 5.41) is 12.9. The Morgan fingerprint density at radius 3 is 2.69 bits per heavy atom. The van der Waals surface area contributed by atoms with Crippen LogP contribution in [-0.2, 0) is 0 Å². The third-order valence-corrected chi connectivity index (χ3v) is 6.50. The molecule has 7 heteroatoms. The van der Waals surface area contributed by atoms with Gasteiger partial charge in [-0.25, -0.2) is 4.39 Å². The number of benzene rings is 1. The monoisotopic (exact) mass is 518 g/mol. The summed E-state index contributed by atoms with van der Waals surface area (Å²) in [7, 11) is 0. The van der Waals surface area contributed by atoms with Crippen molar-refractivity contribution in [1.82, 2.24) is 30.5 Å². The Morgan fingerprint density at radius 1 is 1.10 bits per heavy atom. The van der Waals surface area contributed by atoms with Crippen molar-refractivity contribution in [3.8, 4) is 22.5 Å². The van der Waals surface area contributed by atoms with Crippen LogP contribution in [0.4, 0.5) is 4.39 Å². The highest BCUT2D eigenvalue weighted by atomic mass is 19.1. The van der Waals surface area contributed by atoms with Gasteiger partial charge in [-0.15, -0.1) is 0 Å². The Balaban J connectivity index is 1.53. The van der Waals surface area contributed by atoms with Crippen LogP contribution in [0.3, 0.4) is 0 Å². The molecule has 4 heterocycles. The van der Waals surface area contributed by atoms with Crippen molar-refractivity contribution in [2.24, 2.45) is 5.92 Å². The lowest BCUT2D eigenvalue weighted by Gasteiger charge is -2.13. The van der Waals surface area contributed by atoms with Crippen LogP contribution in [0.25, 0.3) is 49.9 Å². The van der Waals surface area contributed by atoms with E-state index in [4.69, 9.17) is 0 Å². The van der Waals surface area contributed by atoms with Gasteiger partial charge >= 0.3 is 0 Å². The van der Waals surface area contributed by atoms with Gasteiger partial charge in [0.05, 0.1) is 34.8 Å². The summed E-state index contributed by atoms with van der Waals surface area (Å²) in [6.45, 7) is 14.4. The van der Waals surface area contributed by atoms with Gasteiger partial charge in [0.25, 0.3) is 0 Å². The molecule has 3 N–H and O–H groups in total. The van der Waals surface area contributed by atoms with Gasteiger partial charge in [-0.3, -0.25) is 15.1 Å². The molecule has 0 aliphatic heterocycles. The number of hydrogen-bond acceptors (Lipinski definition) is 4. The van der Waals surface area contributed by atoms with Crippen molar-refractivity contribution < 1.29 is 4.39 Å². The zero-order valence-corrected chi connectivity index (χ0v) is 22.3. The molecule has 0 aliphatic carbocycles. The van der Waals surface area contributed by atoms with Gasteiger partial charge in [0.2, 0.25) is 0 Å². The minimum absolute atomic E-state index is 0.286. The van der Waals surface area contributed by atoms with Crippen molar-refractivity contribution >= 4 is 27.4 Å². The van der Waals surface area contributed by atoms with Crippen molar-refractivity contribution in [3.05, 3.63) is 109 Å². The standard InChI is InChI=1S/C32H31FN6/c1-6-21(13-24(7-2)36-20(5)11-19(3)4)28-15-26-31(18-35-28)38-39-32(26)29-14-25-27(16-34-17-30(25)37-29)22-9-8-10-23(33)12-22/h6-10,12-19,36-37H,2,5,11H2,1,3-4H3,(H,38,39)/b21-6+,24-13+. The first-order chi connectivity index (χ1) is 18.9. The lowest BCUT2D eigenvalue weighted by molar-refractivity contribution is 0.622. The summed E-state index contributed by atoms with van der Waals surface area (Å²) in [4.78, 5) is 12.5. The largest absolute Gasteiger partial charge is 0.359 e. The molecular weight excluding hydrogens is 487 g/mol. The zero-order valence-electron chi connectivity index (χ0n) is 22.3. The van der Waals surface area contributed by atoms with Gasteiger partial charge in [0.1, 0.15) is 11.5 Å². The average Bonchev–Trinajstić information content (AvgIpc) is 3.54. The van der Waals surface area contributed by atoms with E-state index in [1.54, 1.807) is 30.7 Å². The number of aromatic amines is 2. The maximum Gasteiger partial charge on any atom is 0.123 e. The van der Waals surface area contributed by atoms with Crippen LogP contribution in [0.5, 0.6) is 0 Å². The predicted molar refractivity (Wildman–Crippen MR) is 158 cm³/mol. The Morgan fingerprint density at radius 2 is 1.95 bits per heavy atom. The molecule has 0 bridgehead atoms. The third kappa shape index (κ3) is 5.43. The van der Waals surface area contributed by atoms with Crippen LogP contribution >= 0.6 is 0 Å². The van der Waals surface area contributed by atoms with Crippen LogP contribution in [0, 0.1) is 11.7 Å². The summed E-state index contributed by atoms with van der Waals surface area (Å²) in [5.74, 6) is 0.220. The highest BCUT2D eigenvalue weighted by molar-refractivity contribution is 6.01. The fourth-order valence-corrected chi connectivity index (χ4v) is 4.71. The number of H-pyrrole nitrogens is 2. The molecule has 0 saturated heterocycles. The van der Waals surface area contributed by atoms with Gasteiger partial charge in [-0.05, 0) is 66.8 Å². The van der Waals surface area contributed by atoms with E-state index < -0.39 is 0 Å². The summed E-state index contributed by atoms with van der Waals surface area (Å²) in [6, 6.07) is 10.6. The molecule has 5 aromatic rings. The Labute approximate surface area is 227 Å². The summed E-state index contributed by atoms with van der Waals surface area (Å²) >= 11 is 0. The number of pyridine rings is 2. The second-order valence-electron chi connectivity index (χ2n) is 9.90. The van der Waals surface area contributed by atoms with E-state index in [0.29, 0.717) is 5.92 Å². The van der Waals surface area contributed by atoms with Crippen LogP contribution in [0.1, 0.15) is 32.9 Å². The molecule has 0 amide bonds. The van der Waals surface area contributed by atoms with E-state index in [-0.39, 0.29) is 5.82 Å². The second kappa shape index (κ2) is 10.9. The number of allylic oxidation sites excluding steroid dienone is 5. The van der Waals surface area contributed by atoms with Crippen LogP contribution in [0.15, 0.2) is 97.8 Å². The molecule has 0 unspecified atom stereocenters. The molecule has 0 atom stereocenters. The number of nitrogens with zero attached hydrogens (tertiary/aromatic N) is 3. The molecular formula is C32H31FN6. The molecule has 0 radical (unpaired) electrons.